The number of rotatable bonds is 10. The summed E-state index contributed by atoms with van der Waals surface area (Å²) in [6, 6.07) is -1.79. The quantitative estimate of drug-likeness (QED) is 0.499. The van der Waals surface area contributed by atoms with Crippen molar-refractivity contribution in [3.05, 3.63) is 0 Å². The molecule has 0 fully saturated rings. The van der Waals surface area contributed by atoms with Crippen LogP contribution in [-0.2, 0) is 18.8 Å². The summed E-state index contributed by atoms with van der Waals surface area (Å²) >= 11 is 0. The zero-order valence-corrected chi connectivity index (χ0v) is 18.4. The molecule has 0 saturated heterocycles. The molecule has 0 radical (unpaired) electrons. The summed E-state index contributed by atoms with van der Waals surface area (Å²) in [4.78, 5) is 35.2. The van der Waals surface area contributed by atoms with E-state index < -0.39 is 32.3 Å². The Labute approximate surface area is 158 Å². The predicted molar refractivity (Wildman–Crippen MR) is 104 cm³/mol. The van der Waals surface area contributed by atoms with Crippen LogP contribution in [0, 0.1) is 5.92 Å². The van der Waals surface area contributed by atoms with Crippen molar-refractivity contribution in [2.75, 3.05) is 6.61 Å². The molecule has 0 unspecified atom stereocenters. The van der Waals surface area contributed by atoms with Gasteiger partial charge in [-0.25, -0.2) is 4.79 Å². The first-order valence-corrected chi connectivity index (χ1v) is 12.0. The van der Waals surface area contributed by atoms with Crippen molar-refractivity contribution in [2.24, 2.45) is 5.92 Å². The lowest BCUT2D eigenvalue weighted by atomic mass is 10.0. The van der Waals surface area contributed by atoms with Gasteiger partial charge in [-0.2, -0.15) is 0 Å². The van der Waals surface area contributed by atoms with Crippen molar-refractivity contribution < 1.29 is 23.9 Å². The van der Waals surface area contributed by atoms with Gasteiger partial charge in [0.05, 0.1) is 0 Å². The van der Waals surface area contributed by atoms with Crippen molar-refractivity contribution in [2.45, 2.75) is 84.6 Å². The summed E-state index contributed by atoms with van der Waals surface area (Å²) in [5, 5.41) is 14.6. The van der Waals surface area contributed by atoms with Crippen LogP contribution in [0.1, 0.15) is 54.4 Å². The molecule has 2 amide bonds. The van der Waals surface area contributed by atoms with Gasteiger partial charge < -0.3 is 20.2 Å². The van der Waals surface area contributed by atoms with Crippen LogP contribution in [0.5, 0.6) is 0 Å². The highest BCUT2D eigenvalue weighted by Crippen LogP contribution is 2.36. The highest BCUT2D eigenvalue weighted by Gasteiger charge is 2.37. The molecule has 0 aliphatic heterocycles. The molecule has 0 spiro atoms. The second-order valence-electron chi connectivity index (χ2n) is 8.68. The molecular formula is C18H36N2O5Si. The molecule has 0 aromatic heterocycles. The van der Waals surface area contributed by atoms with Gasteiger partial charge in [-0.1, -0.05) is 34.6 Å². The summed E-state index contributed by atoms with van der Waals surface area (Å²) in [6.45, 7) is 16.0. The Balaban J connectivity index is 4.87. The SMILES string of the molecule is CC(=O)N[C@@H](CC(C)C)C(=O)N[C@@H](CCO[Si](C)(C)C(C)(C)C)C(=O)O. The predicted octanol–water partition coefficient (Wildman–Crippen LogP) is 2.52. The first-order valence-electron chi connectivity index (χ1n) is 9.11. The molecule has 0 aromatic rings. The van der Waals surface area contributed by atoms with E-state index in [2.05, 4.69) is 44.5 Å². The van der Waals surface area contributed by atoms with Gasteiger partial charge in [0.25, 0.3) is 0 Å². The number of carboxylic acid groups (broad SMARTS) is 1. The van der Waals surface area contributed by atoms with Crippen LogP contribution in [0.15, 0.2) is 0 Å². The molecule has 2 atom stereocenters. The lowest BCUT2D eigenvalue weighted by molar-refractivity contribution is -0.142. The molecule has 152 valence electrons. The van der Waals surface area contributed by atoms with E-state index >= 15 is 0 Å². The molecule has 0 aromatic carbocycles. The maximum absolute atomic E-state index is 12.4. The van der Waals surface area contributed by atoms with Gasteiger partial charge in [0, 0.05) is 20.0 Å². The Hall–Kier alpha value is -1.41. The minimum Gasteiger partial charge on any atom is -0.480 e. The standard InChI is InChI=1S/C18H36N2O5Si/c1-12(2)11-15(19-13(3)21)16(22)20-14(17(23)24)9-10-25-26(7,8)18(4,5)6/h12,14-15H,9-11H2,1-8H3,(H,19,21)(H,20,22)(H,23,24)/t14-,15-/m0/s1. The molecule has 8 heteroatoms. The summed E-state index contributed by atoms with van der Waals surface area (Å²) in [7, 11) is -1.97. The highest BCUT2D eigenvalue weighted by molar-refractivity contribution is 6.74. The van der Waals surface area contributed by atoms with E-state index in [9.17, 15) is 19.5 Å². The van der Waals surface area contributed by atoms with Crippen LogP contribution in [0.3, 0.4) is 0 Å². The normalized spacial score (nSPS) is 14.7. The summed E-state index contributed by atoms with van der Waals surface area (Å²) in [5.41, 5.74) is 0. The number of hydrogen-bond acceptors (Lipinski definition) is 4. The third-order valence-corrected chi connectivity index (χ3v) is 9.23. The Kier molecular flexibility index (Phi) is 9.51. The maximum Gasteiger partial charge on any atom is 0.326 e. The van der Waals surface area contributed by atoms with Crippen LogP contribution in [0.2, 0.25) is 18.1 Å². The average Bonchev–Trinajstić information content (AvgIpc) is 2.42. The molecular weight excluding hydrogens is 352 g/mol. The van der Waals surface area contributed by atoms with E-state index in [-0.39, 0.29) is 29.9 Å². The zero-order chi connectivity index (χ0) is 20.7. The fraction of sp³-hybridized carbons (Fsp3) is 0.833. The smallest absolute Gasteiger partial charge is 0.326 e. The number of carbonyl (C=O) groups is 3. The molecule has 0 saturated carbocycles. The van der Waals surface area contributed by atoms with Crippen LogP contribution in [0.4, 0.5) is 0 Å². The third kappa shape index (κ3) is 8.80. The van der Waals surface area contributed by atoms with Crippen molar-refractivity contribution in [1.29, 1.82) is 0 Å². The second kappa shape index (κ2) is 10.1. The van der Waals surface area contributed by atoms with Gasteiger partial charge in [-0.05, 0) is 30.5 Å². The maximum atomic E-state index is 12.4. The third-order valence-electron chi connectivity index (χ3n) is 4.69. The first-order chi connectivity index (χ1) is 11.7. The van der Waals surface area contributed by atoms with Crippen molar-refractivity contribution >= 4 is 26.1 Å². The molecule has 0 rings (SSSR count). The molecule has 26 heavy (non-hydrogen) atoms. The van der Waals surface area contributed by atoms with Gasteiger partial charge in [0.2, 0.25) is 11.8 Å². The van der Waals surface area contributed by atoms with Crippen LogP contribution < -0.4 is 10.6 Å². The summed E-state index contributed by atoms with van der Waals surface area (Å²) in [5.74, 6) is -1.72. The molecule has 3 N–H and O–H groups in total. The number of aliphatic carboxylic acids is 1. The fourth-order valence-corrected chi connectivity index (χ4v) is 3.19. The van der Waals surface area contributed by atoms with E-state index in [1.54, 1.807) is 0 Å². The Bertz CT molecular complexity index is 500. The number of carboxylic acids is 1. The number of hydrogen-bond donors (Lipinski definition) is 3. The van der Waals surface area contributed by atoms with E-state index in [1.807, 2.05) is 13.8 Å². The van der Waals surface area contributed by atoms with Gasteiger partial charge in [0.1, 0.15) is 12.1 Å². The minimum absolute atomic E-state index is 0.0305. The highest BCUT2D eigenvalue weighted by atomic mass is 28.4. The van der Waals surface area contributed by atoms with E-state index in [0.717, 1.165) is 0 Å². The zero-order valence-electron chi connectivity index (χ0n) is 17.4. The van der Waals surface area contributed by atoms with Crippen LogP contribution in [0.25, 0.3) is 0 Å². The fourth-order valence-electron chi connectivity index (χ4n) is 2.13. The number of amides is 2. The average molecular weight is 389 g/mol. The Morgan fingerprint density at radius 1 is 1.08 bits per heavy atom. The minimum atomic E-state index is -1.97. The summed E-state index contributed by atoms with van der Waals surface area (Å²) < 4.78 is 6.00. The van der Waals surface area contributed by atoms with Crippen molar-refractivity contribution in [3.63, 3.8) is 0 Å². The lowest BCUT2D eigenvalue weighted by Gasteiger charge is -2.36. The molecule has 7 nitrogen and oxygen atoms in total. The number of nitrogens with one attached hydrogen (secondary N) is 2. The molecule has 0 aliphatic rings. The number of carbonyl (C=O) groups excluding carboxylic acids is 2. The monoisotopic (exact) mass is 388 g/mol. The first kappa shape index (κ1) is 24.6. The van der Waals surface area contributed by atoms with Crippen LogP contribution >= 0.6 is 0 Å². The largest absolute Gasteiger partial charge is 0.480 e. The van der Waals surface area contributed by atoms with Gasteiger partial charge in [-0.3, -0.25) is 9.59 Å². The Morgan fingerprint density at radius 2 is 1.62 bits per heavy atom. The lowest BCUT2D eigenvalue weighted by Crippen LogP contribution is -2.52. The van der Waals surface area contributed by atoms with E-state index in [0.29, 0.717) is 6.42 Å². The van der Waals surface area contributed by atoms with E-state index in [4.69, 9.17) is 4.43 Å². The van der Waals surface area contributed by atoms with Crippen molar-refractivity contribution in [3.8, 4) is 0 Å². The van der Waals surface area contributed by atoms with Crippen LogP contribution in [-0.4, -0.2) is 49.9 Å². The van der Waals surface area contributed by atoms with Crippen molar-refractivity contribution in [1.82, 2.24) is 10.6 Å². The molecule has 0 aliphatic carbocycles. The molecule has 0 heterocycles. The molecule has 0 bridgehead atoms. The second-order valence-corrected chi connectivity index (χ2v) is 13.5. The van der Waals surface area contributed by atoms with Gasteiger partial charge >= 0.3 is 5.97 Å². The summed E-state index contributed by atoms with van der Waals surface area (Å²) in [6.07, 6.45) is 0.625. The topological polar surface area (TPSA) is 105 Å². The van der Waals surface area contributed by atoms with Gasteiger partial charge in [-0.15, -0.1) is 0 Å². The van der Waals surface area contributed by atoms with Gasteiger partial charge in [0.15, 0.2) is 8.32 Å². The Morgan fingerprint density at radius 3 is 2.00 bits per heavy atom. The van der Waals surface area contributed by atoms with E-state index in [1.165, 1.54) is 6.92 Å².